The van der Waals surface area contributed by atoms with Crippen LogP contribution in [0.2, 0.25) is 5.02 Å². The number of ether oxygens (including phenoxy) is 2. The van der Waals surface area contributed by atoms with Gasteiger partial charge in [-0.1, -0.05) is 16.8 Å². The van der Waals surface area contributed by atoms with Crippen molar-refractivity contribution in [3.8, 4) is 5.75 Å². The summed E-state index contributed by atoms with van der Waals surface area (Å²) in [5.74, 6) is 0.261. The van der Waals surface area contributed by atoms with Crippen LogP contribution in [0.25, 0.3) is 0 Å². The number of hydrogen-bond donors (Lipinski definition) is 1. The fraction of sp³-hybridized carbons (Fsp3) is 0.375. The molecule has 0 saturated carbocycles. The van der Waals surface area contributed by atoms with Crippen LogP contribution in [0.3, 0.4) is 0 Å². The summed E-state index contributed by atoms with van der Waals surface area (Å²) in [5, 5.41) is 6.93. The third kappa shape index (κ3) is 4.03. The van der Waals surface area contributed by atoms with Gasteiger partial charge in [-0.15, -0.1) is 0 Å². The average Bonchev–Trinajstić information content (AvgIpc) is 3.18. The fourth-order valence-electron chi connectivity index (χ4n) is 2.34. The third-order valence-electron chi connectivity index (χ3n) is 3.49. The maximum atomic E-state index is 12.2. The van der Waals surface area contributed by atoms with Crippen molar-refractivity contribution >= 4 is 23.2 Å². The van der Waals surface area contributed by atoms with Gasteiger partial charge in [0.15, 0.2) is 0 Å². The standard InChI is InChI=1S/C16H17ClN2O4/c1-10-7-15(23-19-10)16(20)18-13-8-11(17)4-5-14(13)22-9-12-3-2-6-21-12/h4-5,7-8,12H,2-3,6,9H2,1H3,(H,18,20). The van der Waals surface area contributed by atoms with E-state index in [0.717, 1.165) is 19.4 Å². The number of benzene rings is 1. The van der Waals surface area contributed by atoms with E-state index in [4.69, 9.17) is 25.6 Å². The van der Waals surface area contributed by atoms with E-state index < -0.39 is 5.91 Å². The zero-order chi connectivity index (χ0) is 16.2. The number of amides is 1. The molecular weight excluding hydrogens is 320 g/mol. The van der Waals surface area contributed by atoms with Gasteiger partial charge in [-0.05, 0) is 38.0 Å². The Labute approximate surface area is 138 Å². The predicted molar refractivity (Wildman–Crippen MR) is 85.1 cm³/mol. The Bertz CT molecular complexity index is 695. The molecule has 1 aliphatic rings. The highest BCUT2D eigenvalue weighted by atomic mass is 35.5. The van der Waals surface area contributed by atoms with Crippen LogP contribution in [0, 0.1) is 6.92 Å². The number of halogens is 1. The summed E-state index contributed by atoms with van der Waals surface area (Å²) in [4.78, 5) is 12.2. The van der Waals surface area contributed by atoms with Crippen LogP contribution >= 0.6 is 11.6 Å². The minimum absolute atomic E-state index is 0.0890. The van der Waals surface area contributed by atoms with Crippen LogP contribution in [0.5, 0.6) is 5.75 Å². The monoisotopic (exact) mass is 336 g/mol. The first-order chi connectivity index (χ1) is 11.1. The molecule has 2 aromatic rings. The Balaban J connectivity index is 1.71. The first-order valence-corrected chi connectivity index (χ1v) is 7.78. The Morgan fingerprint density at radius 3 is 3.04 bits per heavy atom. The van der Waals surface area contributed by atoms with Crippen molar-refractivity contribution in [2.45, 2.75) is 25.9 Å². The lowest BCUT2D eigenvalue weighted by Gasteiger charge is -2.15. The van der Waals surface area contributed by atoms with E-state index in [1.807, 2.05) is 0 Å². The molecule has 1 aromatic heterocycles. The largest absolute Gasteiger partial charge is 0.489 e. The minimum atomic E-state index is -0.408. The molecule has 1 atom stereocenters. The van der Waals surface area contributed by atoms with E-state index >= 15 is 0 Å². The molecular formula is C16H17ClN2O4. The molecule has 7 heteroatoms. The van der Waals surface area contributed by atoms with Crippen molar-refractivity contribution in [3.63, 3.8) is 0 Å². The van der Waals surface area contributed by atoms with E-state index in [2.05, 4.69) is 10.5 Å². The number of carbonyl (C=O) groups excluding carboxylic acids is 1. The zero-order valence-corrected chi connectivity index (χ0v) is 13.4. The molecule has 0 radical (unpaired) electrons. The average molecular weight is 337 g/mol. The number of aromatic nitrogens is 1. The van der Waals surface area contributed by atoms with Gasteiger partial charge in [0.2, 0.25) is 5.76 Å². The van der Waals surface area contributed by atoms with Crippen molar-refractivity contribution < 1.29 is 18.8 Å². The second-order valence-corrected chi connectivity index (χ2v) is 5.81. The SMILES string of the molecule is Cc1cc(C(=O)Nc2cc(Cl)ccc2OCC2CCCO2)on1. The summed E-state index contributed by atoms with van der Waals surface area (Å²) in [6.07, 6.45) is 2.11. The van der Waals surface area contributed by atoms with E-state index in [-0.39, 0.29) is 11.9 Å². The van der Waals surface area contributed by atoms with E-state index in [1.165, 1.54) is 0 Å². The molecule has 2 heterocycles. The molecule has 6 nitrogen and oxygen atoms in total. The smallest absolute Gasteiger partial charge is 0.294 e. The number of aryl methyl sites for hydroxylation is 1. The van der Waals surface area contributed by atoms with E-state index in [0.29, 0.717) is 28.8 Å². The van der Waals surface area contributed by atoms with Crippen molar-refractivity contribution in [2.24, 2.45) is 0 Å². The van der Waals surface area contributed by atoms with Crippen LogP contribution in [0.15, 0.2) is 28.8 Å². The minimum Gasteiger partial charge on any atom is -0.489 e. The van der Waals surface area contributed by atoms with Crippen LogP contribution in [-0.4, -0.2) is 30.4 Å². The normalized spacial score (nSPS) is 17.2. The summed E-state index contributed by atoms with van der Waals surface area (Å²) in [7, 11) is 0. The van der Waals surface area contributed by atoms with Gasteiger partial charge in [-0.3, -0.25) is 4.79 Å². The third-order valence-corrected chi connectivity index (χ3v) is 3.73. The van der Waals surface area contributed by atoms with E-state index in [1.54, 1.807) is 31.2 Å². The number of hydrogen-bond acceptors (Lipinski definition) is 5. The first-order valence-electron chi connectivity index (χ1n) is 7.40. The summed E-state index contributed by atoms with van der Waals surface area (Å²) < 4.78 is 16.3. The van der Waals surface area contributed by atoms with Gasteiger partial charge in [0.05, 0.1) is 17.5 Å². The second kappa shape index (κ2) is 7.02. The molecule has 1 aromatic carbocycles. The highest BCUT2D eigenvalue weighted by Gasteiger charge is 2.18. The Morgan fingerprint density at radius 1 is 1.48 bits per heavy atom. The Kier molecular flexibility index (Phi) is 4.83. The number of nitrogens with zero attached hydrogens (tertiary/aromatic N) is 1. The van der Waals surface area contributed by atoms with Gasteiger partial charge in [-0.2, -0.15) is 0 Å². The summed E-state index contributed by atoms with van der Waals surface area (Å²) in [5.41, 5.74) is 1.12. The molecule has 23 heavy (non-hydrogen) atoms. The number of rotatable bonds is 5. The number of anilines is 1. The van der Waals surface area contributed by atoms with Crippen molar-refractivity contribution in [1.82, 2.24) is 5.16 Å². The van der Waals surface area contributed by atoms with Crippen LogP contribution in [0.1, 0.15) is 29.1 Å². The topological polar surface area (TPSA) is 73.6 Å². The molecule has 0 bridgehead atoms. The summed E-state index contributed by atoms with van der Waals surface area (Å²) in [6, 6.07) is 6.62. The molecule has 3 rings (SSSR count). The van der Waals surface area contributed by atoms with Gasteiger partial charge < -0.3 is 19.3 Å². The lowest BCUT2D eigenvalue weighted by atomic mass is 10.2. The van der Waals surface area contributed by atoms with Gasteiger partial charge in [0.25, 0.3) is 5.91 Å². The summed E-state index contributed by atoms with van der Waals surface area (Å²) >= 11 is 6.01. The molecule has 1 saturated heterocycles. The molecule has 1 fully saturated rings. The lowest BCUT2D eigenvalue weighted by molar-refractivity contribution is 0.0681. The molecule has 122 valence electrons. The second-order valence-electron chi connectivity index (χ2n) is 5.37. The first kappa shape index (κ1) is 15.8. The molecule has 1 amide bonds. The van der Waals surface area contributed by atoms with Crippen molar-refractivity contribution in [1.29, 1.82) is 0 Å². The molecule has 1 N–H and O–H groups in total. The van der Waals surface area contributed by atoms with Gasteiger partial charge in [0, 0.05) is 17.7 Å². The van der Waals surface area contributed by atoms with Crippen LogP contribution in [-0.2, 0) is 4.74 Å². The van der Waals surface area contributed by atoms with Crippen LogP contribution < -0.4 is 10.1 Å². The van der Waals surface area contributed by atoms with Crippen LogP contribution in [0.4, 0.5) is 5.69 Å². The maximum absolute atomic E-state index is 12.2. The predicted octanol–water partition coefficient (Wildman–Crippen LogP) is 3.45. The molecule has 1 aliphatic heterocycles. The van der Waals surface area contributed by atoms with Crippen molar-refractivity contribution in [2.75, 3.05) is 18.5 Å². The quantitative estimate of drug-likeness (QED) is 0.905. The Morgan fingerprint density at radius 2 is 2.35 bits per heavy atom. The maximum Gasteiger partial charge on any atom is 0.294 e. The van der Waals surface area contributed by atoms with Gasteiger partial charge >= 0.3 is 0 Å². The van der Waals surface area contributed by atoms with Crippen molar-refractivity contribution in [3.05, 3.63) is 40.7 Å². The highest BCUT2D eigenvalue weighted by Crippen LogP contribution is 2.29. The fourth-order valence-corrected chi connectivity index (χ4v) is 2.51. The zero-order valence-electron chi connectivity index (χ0n) is 12.7. The molecule has 0 spiro atoms. The van der Waals surface area contributed by atoms with Gasteiger partial charge in [-0.25, -0.2) is 0 Å². The molecule has 1 unspecified atom stereocenters. The number of carbonyl (C=O) groups is 1. The van der Waals surface area contributed by atoms with Gasteiger partial charge in [0.1, 0.15) is 12.4 Å². The Hall–Kier alpha value is -2.05. The summed E-state index contributed by atoms with van der Waals surface area (Å²) in [6.45, 7) is 2.95. The lowest BCUT2D eigenvalue weighted by Crippen LogP contribution is -2.18. The highest BCUT2D eigenvalue weighted by molar-refractivity contribution is 6.31. The number of nitrogens with one attached hydrogen (secondary N) is 1. The molecule has 0 aliphatic carbocycles. The van der Waals surface area contributed by atoms with E-state index in [9.17, 15) is 4.79 Å².